The zero-order valence-corrected chi connectivity index (χ0v) is 10.8. The summed E-state index contributed by atoms with van der Waals surface area (Å²) in [7, 11) is 0. The number of nitro benzene ring substituents is 1. The number of aldehydes is 1. The molecular formula is C14H10N2O5. The Balaban J connectivity index is 2.47. The molecule has 21 heavy (non-hydrogen) atoms. The van der Waals surface area contributed by atoms with E-state index < -0.39 is 16.6 Å². The van der Waals surface area contributed by atoms with E-state index in [0.29, 0.717) is 6.29 Å². The number of carbonyl (C=O) groups excluding carboxylic acids is 3. The molecule has 0 unspecified atom stereocenters. The van der Waals surface area contributed by atoms with Crippen LogP contribution in [0.15, 0.2) is 42.6 Å². The molecule has 7 heteroatoms. The van der Waals surface area contributed by atoms with E-state index in [-0.39, 0.29) is 23.4 Å². The van der Waals surface area contributed by atoms with Gasteiger partial charge in [0.15, 0.2) is 5.78 Å². The molecule has 0 bridgehead atoms. The van der Waals surface area contributed by atoms with Crippen LogP contribution in [-0.4, -0.2) is 27.5 Å². The Labute approximate surface area is 119 Å². The third-order valence-electron chi connectivity index (χ3n) is 2.85. The van der Waals surface area contributed by atoms with Gasteiger partial charge in [-0.15, -0.1) is 0 Å². The Kier molecular flexibility index (Phi) is 4.03. The number of para-hydroxylation sites is 1. The van der Waals surface area contributed by atoms with Gasteiger partial charge in [0.2, 0.25) is 0 Å². The number of nitrogens with zero attached hydrogens (tertiary/aromatic N) is 2. The standard InChI is InChI=1S/C14H10N2O5/c17-9-7-13(18)12-6-3-8-15(12)14(19)10-4-1-2-5-11(10)16(20)21/h1-6,8-9H,7H2. The lowest BCUT2D eigenvalue weighted by molar-refractivity contribution is -0.385. The highest BCUT2D eigenvalue weighted by Crippen LogP contribution is 2.20. The highest BCUT2D eigenvalue weighted by Gasteiger charge is 2.23. The Morgan fingerprint density at radius 1 is 1.19 bits per heavy atom. The molecule has 0 aliphatic rings. The van der Waals surface area contributed by atoms with Gasteiger partial charge in [-0.2, -0.15) is 0 Å². The fourth-order valence-corrected chi connectivity index (χ4v) is 1.91. The molecule has 0 atom stereocenters. The van der Waals surface area contributed by atoms with Crippen LogP contribution in [0.5, 0.6) is 0 Å². The van der Waals surface area contributed by atoms with Crippen molar-refractivity contribution in [1.82, 2.24) is 4.57 Å². The molecule has 1 heterocycles. The van der Waals surface area contributed by atoms with Crippen LogP contribution >= 0.6 is 0 Å². The first-order valence-electron chi connectivity index (χ1n) is 5.98. The molecule has 0 radical (unpaired) electrons. The van der Waals surface area contributed by atoms with Gasteiger partial charge < -0.3 is 4.79 Å². The maximum absolute atomic E-state index is 12.4. The van der Waals surface area contributed by atoms with Crippen LogP contribution in [0.3, 0.4) is 0 Å². The predicted octanol–water partition coefficient (Wildman–Crippen LogP) is 1.86. The maximum atomic E-state index is 12.4. The summed E-state index contributed by atoms with van der Waals surface area (Å²) in [4.78, 5) is 44.8. The maximum Gasteiger partial charge on any atom is 0.282 e. The number of aromatic nitrogens is 1. The van der Waals surface area contributed by atoms with Crippen LogP contribution in [0.2, 0.25) is 0 Å². The van der Waals surface area contributed by atoms with Gasteiger partial charge in [-0.1, -0.05) is 12.1 Å². The van der Waals surface area contributed by atoms with E-state index in [2.05, 4.69) is 0 Å². The van der Waals surface area contributed by atoms with Gasteiger partial charge in [0.05, 0.1) is 17.0 Å². The van der Waals surface area contributed by atoms with Gasteiger partial charge in [-0.05, 0) is 18.2 Å². The lowest BCUT2D eigenvalue weighted by Crippen LogP contribution is -2.18. The number of Topliss-reactive ketones (excluding diaryl/α,β-unsaturated/α-hetero) is 1. The van der Waals surface area contributed by atoms with Crippen LogP contribution in [0.25, 0.3) is 0 Å². The molecule has 0 aliphatic heterocycles. The highest BCUT2D eigenvalue weighted by atomic mass is 16.6. The summed E-state index contributed by atoms with van der Waals surface area (Å²) in [6.07, 6.45) is 1.42. The monoisotopic (exact) mass is 286 g/mol. The molecular weight excluding hydrogens is 276 g/mol. The van der Waals surface area contributed by atoms with E-state index in [1.807, 2.05) is 0 Å². The third kappa shape index (κ3) is 2.76. The smallest absolute Gasteiger partial charge is 0.282 e. The van der Waals surface area contributed by atoms with Crippen molar-refractivity contribution in [1.29, 1.82) is 0 Å². The second kappa shape index (κ2) is 5.91. The molecule has 0 saturated carbocycles. The van der Waals surface area contributed by atoms with E-state index in [1.54, 1.807) is 0 Å². The number of ketones is 1. The summed E-state index contributed by atoms with van der Waals surface area (Å²) in [5.41, 5.74) is -0.450. The minimum Gasteiger partial charge on any atom is -0.303 e. The fourth-order valence-electron chi connectivity index (χ4n) is 1.91. The Morgan fingerprint density at radius 3 is 2.57 bits per heavy atom. The highest BCUT2D eigenvalue weighted by molar-refractivity contribution is 6.07. The first-order chi connectivity index (χ1) is 10.1. The molecule has 7 nitrogen and oxygen atoms in total. The molecule has 106 valence electrons. The number of hydrogen-bond donors (Lipinski definition) is 0. The van der Waals surface area contributed by atoms with E-state index in [1.165, 1.54) is 42.6 Å². The third-order valence-corrected chi connectivity index (χ3v) is 2.85. The number of hydrogen-bond acceptors (Lipinski definition) is 5. The van der Waals surface area contributed by atoms with Crippen LogP contribution in [0.1, 0.15) is 27.3 Å². The number of rotatable bonds is 5. The first kappa shape index (κ1) is 14.3. The van der Waals surface area contributed by atoms with Crippen molar-refractivity contribution in [3.05, 3.63) is 64.0 Å². The van der Waals surface area contributed by atoms with Crippen LogP contribution in [0, 0.1) is 10.1 Å². The summed E-state index contributed by atoms with van der Waals surface area (Å²) >= 11 is 0. The summed E-state index contributed by atoms with van der Waals surface area (Å²) in [5, 5.41) is 10.9. The van der Waals surface area contributed by atoms with Crippen molar-refractivity contribution in [3.8, 4) is 0 Å². The quantitative estimate of drug-likeness (QED) is 0.274. The van der Waals surface area contributed by atoms with Gasteiger partial charge in [0, 0.05) is 12.3 Å². The van der Waals surface area contributed by atoms with Crippen LogP contribution in [0.4, 0.5) is 5.69 Å². The van der Waals surface area contributed by atoms with Crippen LogP contribution in [-0.2, 0) is 4.79 Å². The molecule has 0 amide bonds. The molecule has 0 spiro atoms. The molecule has 0 N–H and O–H groups in total. The molecule has 2 rings (SSSR count). The zero-order valence-electron chi connectivity index (χ0n) is 10.8. The van der Waals surface area contributed by atoms with Gasteiger partial charge in [-0.3, -0.25) is 24.3 Å². The van der Waals surface area contributed by atoms with Gasteiger partial charge >= 0.3 is 0 Å². The van der Waals surface area contributed by atoms with Crippen LogP contribution < -0.4 is 0 Å². The number of benzene rings is 1. The van der Waals surface area contributed by atoms with E-state index in [4.69, 9.17) is 0 Å². The van der Waals surface area contributed by atoms with Crippen molar-refractivity contribution in [2.45, 2.75) is 6.42 Å². The normalized spacial score (nSPS) is 10.1. The summed E-state index contributed by atoms with van der Waals surface area (Å²) in [6.45, 7) is 0. The molecule has 0 saturated heterocycles. The Bertz CT molecular complexity index is 732. The predicted molar refractivity (Wildman–Crippen MR) is 72.3 cm³/mol. The SMILES string of the molecule is O=CCC(=O)c1cccn1C(=O)c1ccccc1[N+](=O)[O-]. The minimum atomic E-state index is -0.693. The van der Waals surface area contributed by atoms with Crippen molar-refractivity contribution in [2.75, 3.05) is 0 Å². The molecule has 1 aromatic heterocycles. The second-order valence-corrected chi connectivity index (χ2v) is 4.14. The van der Waals surface area contributed by atoms with Gasteiger partial charge in [-0.25, -0.2) is 0 Å². The summed E-state index contributed by atoms with van der Waals surface area (Å²) in [6, 6.07) is 8.32. The number of nitro groups is 1. The molecule has 0 aliphatic carbocycles. The van der Waals surface area contributed by atoms with Crippen molar-refractivity contribution in [3.63, 3.8) is 0 Å². The van der Waals surface area contributed by atoms with E-state index in [9.17, 15) is 24.5 Å². The lowest BCUT2D eigenvalue weighted by atomic mass is 10.1. The fraction of sp³-hybridized carbons (Fsp3) is 0.0714. The molecule has 1 aromatic carbocycles. The zero-order chi connectivity index (χ0) is 15.4. The average molecular weight is 286 g/mol. The minimum absolute atomic E-state index is 0.0188. The second-order valence-electron chi connectivity index (χ2n) is 4.14. The Morgan fingerprint density at radius 2 is 1.90 bits per heavy atom. The van der Waals surface area contributed by atoms with Gasteiger partial charge in [0.25, 0.3) is 11.6 Å². The van der Waals surface area contributed by atoms with E-state index in [0.717, 1.165) is 4.57 Å². The lowest BCUT2D eigenvalue weighted by Gasteiger charge is -2.06. The summed E-state index contributed by atoms with van der Waals surface area (Å²) < 4.78 is 1.01. The summed E-state index contributed by atoms with van der Waals surface area (Å²) in [5.74, 6) is -1.22. The van der Waals surface area contributed by atoms with Crippen molar-refractivity contribution in [2.24, 2.45) is 0 Å². The van der Waals surface area contributed by atoms with Gasteiger partial charge in [0.1, 0.15) is 11.8 Å². The molecule has 0 fully saturated rings. The number of carbonyl (C=O) groups is 3. The Hall–Kier alpha value is -3.09. The van der Waals surface area contributed by atoms with Crippen molar-refractivity contribution < 1.29 is 19.3 Å². The molecule has 2 aromatic rings. The van der Waals surface area contributed by atoms with E-state index >= 15 is 0 Å². The van der Waals surface area contributed by atoms with Crippen molar-refractivity contribution >= 4 is 23.7 Å². The average Bonchev–Trinajstić information content (AvgIpc) is 2.96. The first-order valence-corrected chi connectivity index (χ1v) is 5.98. The largest absolute Gasteiger partial charge is 0.303 e. The topological polar surface area (TPSA) is 99.3 Å².